The third kappa shape index (κ3) is 3.90. The van der Waals surface area contributed by atoms with Crippen LogP contribution in [0.4, 0.5) is 0 Å². The zero-order valence-corrected chi connectivity index (χ0v) is 13.2. The summed E-state index contributed by atoms with van der Waals surface area (Å²) in [5.74, 6) is -1.11. The van der Waals surface area contributed by atoms with Crippen molar-refractivity contribution in [3.63, 3.8) is 0 Å². The molecule has 0 aromatic heterocycles. The second kappa shape index (κ2) is 6.38. The van der Waals surface area contributed by atoms with Crippen LogP contribution in [0.2, 0.25) is 0 Å². The number of halogens is 1. The smallest absolute Gasteiger partial charge is 0.335 e. The molecule has 2 N–H and O–H groups in total. The fourth-order valence-electron chi connectivity index (χ4n) is 1.70. The van der Waals surface area contributed by atoms with E-state index in [0.29, 0.717) is 0 Å². The fourth-order valence-corrected chi connectivity index (χ4v) is 3.80. The standard InChI is InChI=1S/C14H12BrNO4S/c15-12-8-11(14(17)18)6-7-13(12)21(19,20)16-9-10-4-2-1-3-5-10/h1-8,16H,9H2,(H,17,18). The van der Waals surface area contributed by atoms with E-state index < -0.39 is 16.0 Å². The Balaban J connectivity index is 2.22. The van der Waals surface area contributed by atoms with Crippen LogP contribution in [-0.4, -0.2) is 19.5 Å². The molecule has 0 bridgehead atoms. The first kappa shape index (κ1) is 15.7. The summed E-state index contributed by atoms with van der Waals surface area (Å²) in [6, 6.07) is 12.9. The lowest BCUT2D eigenvalue weighted by atomic mass is 10.2. The number of hydrogen-bond donors (Lipinski definition) is 2. The molecule has 2 rings (SSSR count). The van der Waals surface area contributed by atoms with E-state index in [1.807, 2.05) is 30.3 Å². The molecule has 0 amide bonds. The van der Waals surface area contributed by atoms with Gasteiger partial charge in [0.2, 0.25) is 10.0 Å². The lowest BCUT2D eigenvalue weighted by molar-refractivity contribution is 0.0696. The van der Waals surface area contributed by atoms with Gasteiger partial charge in [0, 0.05) is 11.0 Å². The number of benzene rings is 2. The van der Waals surface area contributed by atoms with Crippen molar-refractivity contribution < 1.29 is 18.3 Å². The lowest BCUT2D eigenvalue weighted by Gasteiger charge is -2.09. The number of carboxylic acid groups (broad SMARTS) is 1. The van der Waals surface area contributed by atoms with Gasteiger partial charge in [0.25, 0.3) is 0 Å². The molecule has 7 heteroatoms. The molecule has 0 aliphatic rings. The zero-order chi connectivity index (χ0) is 15.5. The summed E-state index contributed by atoms with van der Waals surface area (Å²) in [5.41, 5.74) is 0.850. The van der Waals surface area contributed by atoms with Crippen LogP contribution < -0.4 is 4.72 Å². The van der Waals surface area contributed by atoms with Crippen LogP contribution in [0.15, 0.2) is 57.9 Å². The molecular formula is C14H12BrNO4S. The largest absolute Gasteiger partial charge is 0.478 e. The van der Waals surface area contributed by atoms with Crippen molar-refractivity contribution in [2.45, 2.75) is 11.4 Å². The maximum Gasteiger partial charge on any atom is 0.335 e. The highest BCUT2D eigenvalue weighted by Crippen LogP contribution is 2.23. The molecular weight excluding hydrogens is 358 g/mol. The van der Waals surface area contributed by atoms with Crippen molar-refractivity contribution in [1.29, 1.82) is 0 Å². The molecule has 5 nitrogen and oxygen atoms in total. The number of sulfonamides is 1. The Morgan fingerprint density at radius 3 is 2.38 bits per heavy atom. The topological polar surface area (TPSA) is 83.5 Å². The highest BCUT2D eigenvalue weighted by Gasteiger charge is 2.18. The van der Waals surface area contributed by atoms with Gasteiger partial charge < -0.3 is 5.11 Å². The van der Waals surface area contributed by atoms with Gasteiger partial charge in [-0.05, 0) is 39.7 Å². The molecule has 0 radical (unpaired) electrons. The van der Waals surface area contributed by atoms with Gasteiger partial charge in [-0.1, -0.05) is 30.3 Å². The maximum absolute atomic E-state index is 12.2. The van der Waals surface area contributed by atoms with Crippen LogP contribution in [-0.2, 0) is 16.6 Å². The predicted molar refractivity (Wildman–Crippen MR) is 81.6 cm³/mol. The van der Waals surface area contributed by atoms with E-state index in [4.69, 9.17) is 5.11 Å². The second-order valence-corrected chi connectivity index (χ2v) is 6.85. The van der Waals surface area contributed by atoms with Crippen molar-refractivity contribution in [3.8, 4) is 0 Å². The molecule has 0 saturated carbocycles. The van der Waals surface area contributed by atoms with E-state index in [-0.39, 0.29) is 21.5 Å². The van der Waals surface area contributed by atoms with Gasteiger partial charge in [0.15, 0.2) is 0 Å². The fraction of sp³-hybridized carbons (Fsp3) is 0.0714. The van der Waals surface area contributed by atoms with Crippen molar-refractivity contribution in [1.82, 2.24) is 4.72 Å². The van der Waals surface area contributed by atoms with E-state index in [2.05, 4.69) is 20.7 Å². The van der Waals surface area contributed by atoms with E-state index in [1.165, 1.54) is 18.2 Å². The summed E-state index contributed by atoms with van der Waals surface area (Å²) in [5, 5.41) is 8.87. The van der Waals surface area contributed by atoms with Crippen LogP contribution in [0.5, 0.6) is 0 Å². The highest BCUT2D eigenvalue weighted by molar-refractivity contribution is 9.10. The van der Waals surface area contributed by atoms with E-state index in [1.54, 1.807) is 0 Å². The van der Waals surface area contributed by atoms with Crippen molar-refractivity contribution in [2.24, 2.45) is 0 Å². The van der Waals surface area contributed by atoms with Crippen molar-refractivity contribution >= 4 is 31.9 Å². The van der Waals surface area contributed by atoms with Crippen LogP contribution in [0.25, 0.3) is 0 Å². The number of carbonyl (C=O) groups is 1. The average Bonchev–Trinajstić information content (AvgIpc) is 2.46. The van der Waals surface area contributed by atoms with E-state index in [9.17, 15) is 13.2 Å². The van der Waals surface area contributed by atoms with Crippen molar-refractivity contribution in [3.05, 3.63) is 64.1 Å². The second-order valence-electron chi connectivity index (χ2n) is 4.26. The van der Waals surface area contributed by atoms with Gasteiger partial charge >= 0.3 is 5.97 Å². The van der Waals surface area contributed by atoms with Gasteiger partial charge in [-0.25, -0.2) is 17.9 Å². The molecule has 0 unspecified atom stereocenters. The first-order valence-electron chi connectivity index (χ1n) is 5.96. The first-order valence-corrected chi connectivity index (χ1v) is 8.24. The van der Waals surface area contributed by atoms with Crippen LogP contribution >= 0.6 is 15.9 Å². The quantitative estimate of drug-likeness (QED) is 0.848. The molecule has 0 fully saturated rings. The Kier molecular flexibility index (Phi) is 4.76. The van der Waals surface area contributed by atoms with Gasteiger partial charge in [-0.15, -0.1) is 0 Å². The first-order chi connectivity index (χ1) is 9.90. The SMILES string of the molecule is O=C(O)c1ccc(S(=O)(=O)NCc2ccccc2)c(Br)c1. The molecule has 0 atom stereocenters. The van der Waals surface area contributed by atoms with Crippen LogP contribution in [0.1, 0.15) is 15.9 Å². The molecule has 110 valence electrons. The minimum absolute atomic E-state index is 0.00318. The maximum atomic E-state index is 12.2. The summed E-state index contributed by atoms with van der Waals surface area (Å²) in [6.45, 7) is 0.163. The van der Waals surface area contributed by atoms with Gasteiger partial charge in [0.1, 0.15) is 0 Å². The summed E-state index contributed by atoms with van der Waals surface area (Å²) in [4.78, 5) is 10.8. The van der Waals surface area contributed by atoms with E-state index in [0.717, 1.165) is 5.56 Å². The predicted octanol–water partition coefficient (Wildman–Crippen LogP) is 2.63. The summed E-state index contributed by atoms with van der Waals surface area (Å²) < 4.78 is 27.1. The lowest BCUT2D eigenvalue weighted by Crippen LogP contribution is -2.23. The Morgan fingerprint density at radius 2 is 1.81 bits per heavy atom. The van der Waals surface area contributed by atoms with Gasteiger partial charge in [-0.2, -0.15) is 0 Å². The Bertz CT molecular complexity index is 760. The molecule has 0 heterocycles. The molecule has 0 aliphatic carbocycles. The normalized spacial score (nSPS) is 11.3. The number of rotatable bonds is 5. The molecule has 0 saturated heterocycles. The number of carboxylic acids is 1. The number of hydrogen-bond acceptors (Lipinski definition) is 3. The van der Waals surface area contributed by atoms with E-state index >= 15 is 0 Å². The molecule has 2 aromatic rings. The Morgan fingerprint density at radius 1 is 1.14 bits per heavy atom. The summed E-state index contributed by atoms with van der Waals surface area (Å²) in [6.07, 6.45) is 0. The summed E-state index contributed by atoms with van der Waals surface area (Å²) >= 11 is 3.09. The third-order valence-electron chi connectivity index (χ3n) is 2.78. The number of nitrogens with one attached hydrogen (secondary N) is 1. The minimum Gasteiger partial charge on any atom is -0.478 e. The zero-order valence-electron chi connectivity index (χ0n) is 10.8. The molecule has 0 aliphatic heterocycles. The minimum atomic E-state index is -3.72. The van der Waals surface area contributed by atoms with Crippen LogP contribution in [0, 0.1) is 0 Å². The Labute approximate surface area is 130 Å². The highest BCUT2D eigenvalue weighted by atomic mass is 79.9. The molecule has 21 heavy (non-hydrogen) atoms. The van der Waals surface area contributed by atoms with Gasteiger partial charge in [-0.3, -0.25) is 0 Å². The summed E-state index contributed by atoms with van der Waals surface area (Å²) in [7, 11) is -3.72. The van der Waals surface area contributed by atoms with Gasteiger partial charge in [0.05, 0.1) is 10.5 Å². The van der Waals surface area contributed by atoms with Crippen LogP contribution in [0.3, 0.4) is 0 Å². The Hall–Kier alpha value is -1.70. The monoisotopic (exact) mass is 369 g/mol. The number of aromatic carboxylic acids is 1. The average molecular weight is 370 g/mol. The molecule has 0 spiro atoms. The molecule has 2 aromatic carbocycles. The van der Waals surface area contributed by atoms with Crippen molar-refractivity contribution in [2.75, 3.05) is 0 Å². The third-order valence-corrected chi connectivity index (χ3v) is 5.16.